The molecule has 1 saturated heterocycles. The lowest BCUT2D eigenvalue weighted by molar-refractivity contribution is -0.150. The molecule has 124 valence electrons. The van der Waals surface area contributed by atoms with Gasteiger partial charge in [0.05, 0.1) is 6.54 Å². The number of rotatable bonds is 3. The fourth-order valence-corrected chi connectivity index (χ4v) is 4.22. The molecular weight excluding hydrogens is 279 g/mol. The first-order valence-electron chi connectivity index (χ1n) is 8.00. The van der Waals surface area contributed by atoms with E-state index in [0.717, 1.165) is 25.4 Å². The first-order chi connectivity index (χ1) is 9.80. The molecule has 0 aromatic rings. The zero-order valence-corrected chi connectivity index (χ0v) is 13.3. The summed E-state index contributed by atoms with van der Waals surface area (Å²) in [7, 11) is 2.00. The summed E-state index contributed by atoms with van der Waals surface area (Å²) in [6.07, 6.45) is -1.71. The van der Waals surface area contributed by atoms with E-state index in [4.69, 9.17) is 0 Å². The third-order valence-electron chi connectivity index (χ3n) is 5.03. The molecule has 1 aliphatic carbocycles. The Morgan fingerprint density at radius 2 is 1.67 bits per heavy atom. The molecule has 2 rings (SSSR count). The van der Waals surface area contributed by atoms with Crippen LogP contribution in [0.1, 0.15) is 26.7 Å². The summed E-state index contributed by atoms with van der Waals surface area (Å²) in [5.74, 6) is 1.32. The van der Waals surface area contributed by atoms with E-state index in [1.807, 2.05) is 7.05 Å². The molecule has 0 bridgehead atoms. The minimum atomic E-state index is -4.08. The summed E-state index contributed by atoms with van der Waals surface area (Å²) in [6.45, 7) is 6.34. The normalized spacial score (nSPS) is 36.9. The van der Waals surface area contributed by atoms with Crippen molar-refractivity contribution in [3.8, 4) is 0 Å². The zero-order valence-electron chi connectivity index (χ0n) is 13.3. The van der Waals surface area contributed by atoms with Gasteiger partial charge in [0.15, 0.2) is 0 Å². The number of likely N-dealkylation sites (N-methyl/N-ethyl adjacent to an activating group) is 1. The lowest BCUT2D eigenvalue weighted by Crippen LogP contribution is -2.60. The quantitative estimate of drug-likeness (QED) is 0.862. The van der Waals surface area contributed by atoms with Crippen molar-refractivity contribution in [1.82, 2.24) is 15.1 Å². The van der Waals surface area contributed by atoms with Crippen molar-refractivity contribution in [2.45, 2.75) is 44.9 Å². The Morgan fingerprint density at radius 1 is 1.05 bits per heavy atom. The molecule has 6 heteroatoms. The van der Waals surface area contributed by atoms with Crippen LogP contribution >= 0.6 is 0 Å². The van der Waals surface area contributed by atoms with Crippen LogP contribution < -0.4 is 5.32 Å². The lowest BCUT2D eigenvalue weighted by atomic mass is 9.75. The molecule has 2 aliphatic rings. The molecule has 0 amide bonds. The first-order valence-corrected chi connectivity index (χ1v) is 8.00. The van der Waals surface area contributed by atoms with E-state index in [0.29, 0.717) is 31.1 Å². The topological polar surface area (TPSA) is 18.5 Å². The second-order valence-electron chi connectivity index (χ2n) is 6.87. The Kier molecular flexibility index (Phi) is 5.54. The SMILES string of the molecule is CNC1CC(C)CC(C)C1N1CCN(CC(F)(F)F)CC1. The van der Waals surface area contributed by atoms with Crippen LogP contribution in [0.4, 0.5) is 13.2 Å². The Morgan fingerprint density at radius 3 is 2.19 bits per heavy atom. The van der Waals surface area contributed by atoms with Crippen LogP contribution in [-0.2, 0) is 0 Å². The zero-order chi connectivity index (χ0) is 15.6. The van der Waals surface area contributed by atoms with Crippen molar-refractivity contribution < 1.29 is 13.2 Å². The van der Waals surface area contributed by atoms with Crippen molar-refractivity contribution >= 4 is 0 Å². The number of hydrogen-bond donors (Lipinski definition) is 1. The number of halogens is 3. The molecule has 2 fully saturated rings. The van der Waals surface area contributed by atoms with Gasteiger partial charge in [-0.15, -0.1) is 0 Å². The average Bonchev–Trinajstić information content (AvgIpc) is 2.37. The van der Waals surface area contributed by atoms with Crippen LogP contribution in [-0.4, -0.2) is 67.8 Å². The summed E-state index contributed by atoms with van der Waals surface area (Å²) in [4.78, 5) is 3.94. The van der Waals surface area contributed by atoms with E-state index in [-0.39, 0.29) is 0 Å². The molecule has 1 aliphatic heterocycles. The Labute approximate surface area is 125 Å². The maximum Gasteiger partial charge on any atom is 0.401 e. The third-order valence-corrected chi connectivity index (χ3v) is 5.03. The Bertz CT molecular complexity index is 327. The Hall–Kier alpha value is -0.330. The van der Waals surface area contributed by atoms with E-state index in [1.54, 1.807) is 0 Å². The van der Waals surface area contributed by atoms with Gasteiger partial charge in [-0.05, 0) is 31.7 Å². The molecule has 0 aromatic carbocycles. The fraction of sp³-hybridized carbons (Fsp3) is 1.00. The Balaban J connectivity index is 1.91. The molecule has 3 nitrogen and oxygen atoms in total. The number of nitrogens with one attached hydrogen (secondary N) is 1. The highest BCUT2D eigenvalue weighted by Crippen LogP contribution is 2.33. The maximum atomic E-state index is 12.4. The van der Waals surface area contributed by atoms with E-state index in [9.17, 15) is 13.2 Å². The number of alkyl halides is 3. The van der Waals surface area contributed by atoms with Crippen LogP contribution in [0.15, 0.2) is 0 Å². The summed E-state index contributed by atoms with van der Waals surface area (Å²) >= 11 is 0. The van der Waals surface area contributed by atoms with Crippen LogP contribution in [0.2, 0.25) is 0 Å². The predicted octanol–water partition coefficient (Wildman–Crippen LogP) is 2.19. The molecule has 0 aromatic heterocycles. The second kappa shape index (κ2) is 6.84. The van der Waals surface area contributed by atoms with Crippen molar-refractivity contribution in [3.05, 3.63) is 0 Å². The van der Waals surface area contributed by atoms with Gasteiger partial charge in [0.25, 0.3) is 0 Å². The molecule has 0 radical (unpaired) electrons. The van der Waals surface area contributed by atoms with E-state index in [1.165, 1.54) is 11.3 Å². The highest BCUT2D eigenvalue weighted by Gasteiger charge is 2.39. The van der Waals surface area contributed by atoms with Crippen LogP contribution in [0, 0.1) is 11.8 Å². The van der Waals surface area contributed by atoms with Crippen LogP contribution in [0.5, 0.6) is 0 Å². The smallest absolute Gasteiger partial charge is 0.315 e. The van der Waals surface area contributed by atoms with Crippen molar-refractivity contribution in [2.75, 3.05) is 39.8 Å². The monoisotopic (exact) mass is 307 g/mol. The maximum absolute atomic E-state index is 12.4. The van der Waals surface area contributed by atoms with Gasteiger partial charge >= 0.3 is 6.18 Å². The fourth-order valence-electron chi connectivity index (χ4n) is 4.22. The lowest BCUT2D eigenvalue weighted by Gasteiger charge is -2.48. The standard InChI is InChI=1S/C15H28F3N3/c1-11-8-12(2)14(13(9-11)19-3)21-6-4-20(5-7-21)10-15(16,17)18/h11-14,19H,4-10H2,1-3H3. The molecular formula is C15H28F3N3. The van der Waals surface area contributed by atoms with Gasteiger partial charge < -0.3 is 5.32 Å². The number of piperazine rings is 1. The molecule has 4 unspecified atom stereocenters. The molecule has 0 spiro atoms. The van der Waals surface area contributed by atoms with Gasteiger partial charge in [0.1, 0.15) is 0 Å². The van der Waals surface area contributed by atoms with Crippen molar-refractivity contribution in [3.63, 3.8) is 0 Å². The van der Waals surface area contributed by atoms with Gasteiger partial charge in [0, 0.05) is 38.3 Å². The van der Waals surface area contributed by atoms with Gasteiger partial charge in [-0.2, -0.15) is 13.2 Å². The summed E-state index contributed by atoms with van der Waals surface area (Å²) in [5, 5.41) is 3.43. The molecule has 4 atom stereocenters. The summed E-state index contributed by atoms with van der Waals surface area (Å²) in [5.41, 5.74) is 0. The highest BCUT2D eigenvalue weighted by molar-refractivity contribution is 4.95. The molecule has 1 saturated carbocycles. The van der Waals surface area contributed by atoms with Crippen molar-refractivity contribution in [2.24, 2.45) is 11.8 Å². The molecule has 1 N–H and O–H groups in total. The van der Waals surface area contributed by atoms with Crippen molar-refractivity contribution in [1.29, 1.82) is 0 Å². The molecule has 1 heterocycles. The second-order valence-corrected chi connectivity index (χ2v) is 6.87. The highest BCUT2D eigenvalue weighted by atomic mass is 19.4. The minimum absolute atomic E-state index is 0.456. The number of hydrogen-bond acceptors (Lipinski definition) is 3. The number of nitrogens with zero attached hydrogens (tertiary/aromatic N) is 2. The third kappa shape index (κ3) is 4.57. The van der Waals surface area contributed by atoms with Gasteiger partial charge in [-0.25, -0.2) is 0 Å². The van der Waals surface area contributed by atoms with Crippen LogP contribution in [0.25, 0.3) is 0 Å². The first kappa shape index (κ1) is 17.0. The summed E-state index contributed by atoms with van der Waals surface area (Å²) < 4.78 is 37.3. The minimum Gasteiger partial charge on any atom is -0.315 e. The van der Waals surface area contributed by atoms with E-state index < -0.39 is 12.7 Å². The average molecular weight is 307 g/mol. The van der Waals surface area contributed by atoms with Gasteiger partial charge in [-0.3, -0.25) is 9.80 Å². The predicted molar refractivity (Wildman–Crippen MR) is 78.3 cm³/mol. The largest absolute Gasteiger partial charge is 0.401 e. The summed E-state index contributed by atoms with van der Waals surface area (Å²) in [6, 6.07) is 0.914. The van der Waals surface area contributed by atoms with Crippen LogP contribution in [0.3, 0.4) is 0 Å². The van der Waals surface area contributed by atoms with Gasteiger partial charge in [0.2, 0.25) is 0 Å². The van der Waals surface area contributed by atoms with E-state index >= 15 is 0 Å². The van der Waals surface area contributed by atoms with E-state index in [2.05, 4.69) is 24.1 Å². The van der Waals surface area contributed by atoms with Gasteiger partial charge in [-0.1, -0.05) is 13.8 Å². The molecule has 21 heavy (non-hydrogen) atoms.